The maximum absolute atomic E-state index is 12.3. The first-order chi connectivity index (χ1) is 13.9. The molecule has 1 heterocycles. The van der Waals surface area contributed by atoms with Crippen LogP contribution in [0.1, 0.15) is 55.8 Å². The minimum atomic E-state index is -0.0818. The number of carbonyl (C=O) groups is 1. The van der Waals surface area contributed by atoms with E-state index in [-0.39, 0.29) is 23.5 Å². The minimum Gasteiger partial charge on any atom is -0.508 e. The second kappa shape index (κ2) is 8.07. The number of nitrogens with one attached hydrogen (secondary N) is 2. The molecule has 2 aliphatic rings. The summed E-state index contributed by atoms with van der Waals surface area (Å²) in [5, 5.41) is 15.6. The summed E-state index contributed by atoms with van der Waals surface area (Å²) in [7, 11) is 0. The van der Waals surface area contributed by atoms with Crippen molar-refractivity contribution in [1.29, 1.82) is 0 Å². The van der Waals surface area contributed by atoms with Gasteiger partial charge in [0.25, 0.3) is 0 Å². The first kappa shape index (κ1) is 19.8. The van der Waals surface area contributed by atoms with E-state index >= 15 is 0 Å². The smallest absolute Gasteiger partial charge is 0.315 e. The fourth-order valence-electron chi connectivity index (χ4n) is 4.96. The van der Waals surface area contributed by atoms with Crippen molar-refractivity contribution in [2.24, 2.45) is 0 Å². The molecule has 5 nitrogen and oxygen atoms in total. The van der Waals surface area contributed by atoms with E-state index in [1.54, 1.807) is 12.1 Å². The highest BCUT2D eigenvalue weighted by molar-refractivity contribution is 5.75. The van der Waals surface area contributed by atoms with Gasteiger partial charge in [-0.05, 0) is 75.0 Å². The van der Waals surface area contributed by atoms with E-state index in [4.69, 9.17) is 0 Å². The summed E-state index contributed by atoms with van der Waals surface area (Å²) >= 11 is 0. The Hall–Kier alpha value is -2.53. The summed E-state index contributed by atoms with van der Waals surface area (Å²) in [6.07, 6.45) is 3.18. The Morgan fingerprint density at radius 3 is 2.52 bits per heavy atom. The fraction of sp³-hybridized carbons (Fsp3) is 0.458. The van der Waals surface area contributed by atoms with Crippen LogP contribution in [0, 0.1) is 0 Å². The second-order valence-corrected chi connectivity index (χ2v) is 8.84. The highest BCUT2D eigenvalue weighted by atomic mass is 16.3. The Kier molecular flexibility index (Phi) is 5.50. The zero-order valence-electron chi connectivity index (χ0n) is 17.3. The molecular weight excluding hydrogens is 362 g/mol. The van der Waals surface area contributed by atoms with Crippen molar-refractivity contribution in [3.63, 3.8) is 0 Å². The number of hydrogen-bond acceptors (Lipinski definition) is 3. The molecule has 0 radical (unpaired) electrons. The van der Waals surface area contributed by atoms with E-state index in [1.165, 1.54) is 16.7 Å². The van der Waals surface area contributed by atoms with Crippen LogP contribution in [0.3, 0.4) is 0 Å². The molecule has 1 unspecified atom stereocenters. The van der Waals surface area contributed by atoms with Crippen LogP contribution in [0.15, 0.2) is 48.5 Å². The van der Waals surface area contributed by atoms with Crippen molar-refractivity contribution >= 4 is 6.03 Å². The number of aromatic hydroxyl groups is 1. The van der Waals surface area contributed by atoms with Crippen molar-refractivity contribution in [2.75, 3.05) is 13.1 Å². The van der Waals surface area contributed by atoms with Gasteiger partial charge in [0.2, 0.25) is 0 Å². The molecule has 0 bridgehead atoms. The standard InChI is InChI=1S/C24H31N3O2/c1-17(2)25-23(29)26-22-15-24(21-6-4-3-5-20(21)22)11-13-27(14-12-24)16-18-7-9-19(28)10-8-18/h3-10,17,22,28H,11-16H2,1-2H3,(H2,25,26,29). The molecule has 2 aromatic carbocycles. The highest BCUT2D eigenvalue weighted by Crippen LogP contribution is 2.50. The zero-order valence-corrected chi connectivity index (χ0v) is 17.3. The molecule has 5 heteroatoms. The fourth-order valence-corrected chi connectivity index (χ4v) is 4.96. The maximum atomic E-state index is 12.3. The summed E-state index contributed by atoms with van der Waals surface area (Å²) in [4.78, 5) is 14.8. The van der Waals surface area contributed by atoms with E-state index < -0.39 is 0 Å². The van der Waals surface area contributed by atoms with Gasteiger partial charge in [0, 0.05) is 18.0 Å². The topological polar surface area (TPSA) is 64.6 Å². The molecule has 0 aromatic heterocycles. The number of likely N-dealkylation sites (tertiary alicyclic amines) is 1. The van der Waals surface area contributed by atoms with Crippen LogP contribution >= 0.6 is 0 Å². The average Bonchev–Trinajstić information content (AvgIpc) is 2.98. The number of nitrogens with zero attached hydrogens (tertiary/aromatic N) is 1. The third-order valence-corrected chi connectivity index (χ3v) is 6.38. The number of urea groups is 1. The molecule has 2 amide bonds. The molecule has 1 aliphatic carbocycles. The van der Waals surface area contributed by atoms with E-state index in [2.05, 4.69) is 39.8 Å². The lowest BCUT2D eigenvalue weighted by Gasteiger charge is -2.40. The molecule has 29 heavy (non-hydrogen) atoms. The molecule has 1 fully saturated rings. The summed E-state index contributed by atoms with van der Waals surface area (Å²) in [5.41, 5.74) is 4.07. The quantitative estimate of drug-likeness (QED) is 0.733. The number of carbonyl (C=O) groups excluding carboxylic acids is 1. The summed E-state index contributed by atoms with van der Waals surface area (Å²) in [6, 6.07) is 16.3. The number of rotatable bonds is 4. The molecule has 1 atom stereocenters. The van der Waals surface area contributed by atoms with Gasteiger partial charge >= 0.3 is 6.03 Å². The molecule has 0 saturated carbocycles. The number of phenols is 1. The van der Waals surface area contributed by atoms with Gasteiger partial charge < -0.3 is 15.7 Å². The Morgan fingerprint density at radius 1 is 1.14 bits per heavy atom. The lowest BCUT2D eigenvalue weighted by atomic mass is 9.73. The van der Waals surface area contributed by atoms with Gasteiger partial charge in [0.05, 0.1) is 6.04 Å². The van der Waals surface area contributed by atoms with Crippen molar-refractivity contribution in [1.82, 2.24) is 15.5 Å². The lowest BCUT2D eigenvalue weighted by Crippen LogP contribution is -2.43. The first-order valence-corrected chi connectivity index (χ1v) is 10.6. The average molecular weight is 394 g/mol. The third kappa shape index (κ3) is 4.25. The molecule has 4 rings (SSSR count). The van der Waals surface area contributed by atoms with Crippen LogP contribution in [0.4, 0.5) is 4.79 Å². The molecule has 1 aliphatic heterocycles. The van der Waals surface area contributed by atoms with Gasteiger partial charge in [-0.1, -0.05) is 36.4 Å². The van der Waals surface area contributed by atoms with Gasteiger partial charge in [-0.2, -0.15) is 0 Å². The van der Waals surface area contributed by atoms with Crippen molar-refractivity contribution < 1.29 is 9.90 Å². The van der Waals surface area contributed by atoms with Crippen LogP contribution in [0.25, 0.3) is 0 Å². The van der Waals surface area contributed by atoms with Gasteiger partial charge in [0.15, 0.2) is 0 Å². The predicted molar refractivity (Wildman–Crippen MR) is 115 cm³/mol. The van der Waals surface area contributed by atoms with E-state index in [0.29, 0.717) is 5.75 Å². The zero-order chi connectivity index (χ0) is 20.4. The SMILES string of the molecule is CC(C)NC(=O)NC1CC2(CCN(Cc3ccc(O)cc3)CC2)c2ccccc21. The summed E-state index contributed by atoms with van der Waals surface area (Å²) in [5.74, 6) is 0.314. The van der Waals surface area contributed by atoms with Crippen LogP contribution in [0.2, 0.25) is 0 Å². The Balaban J connectivity index is 1.44. The largest absolute Gasteiger partial charge is 0.508 e. The van der Waals surface area contributed by atoms with E-state index in [9.17, 15) is 9.90 Å². The van der Waals surface area contributed by atoms with Gasteiger partial charge in [-0.15, -0.1) is 0 Å². The Bertz CT molecular complexity index is 855. The lowest BCUT2D eigenvalue weighted by molar-refractivity contribution is 0.146. The number of benzene rings is 2. The Morgan fingerprint density at radius 2 is 1.83 bits per heavy atom. The number of piperidine rings is 1. The van der Waals surface area contributed by atoms with Crippen LogP contribution in [-0.2, 0) is 12.0 Å². The van der Waals surface area contributed by atoms with Crippen LogP contribution in [0.5, 0.6) is 5.75 Å². The van der Waals surface area contributed by atoms with E-state index in [1.807, 2.05) is 26.0 Å². The van der Waals surface area contributed by atoms with Crippen molar-refractivity contribution in [2.45, 2.75) is 57.2 Å². The first-order valence-electron chi connectivity index (χ1n) is 10.6. The highest BCUT2D eigenvalue weighted by Gasteiger charge is 2.45. The van der Waals surface area contributed by atoms with Crippen molar-refractivity contribution in [3.05, 3.63) is 65.2 Å². The normalized spacial score (nSPS) is 20.6. The maximum Gasteiger partial charge on any atom is 0.315 e. The molecule has 154 valence electrons. The molecule has 1 spiro atoms. The van der Waals surface area contributed by atoms with E-state index in [0.717, 1.165) is 38.9 Å². The molecule has 3 N–H and O–H groups in total. The number of amides is 2. The van der Waals surface area contributed by atoms with Crippen LogP contribution < -0.4 is 10.6 Å². The van der Waals surface area contributed by atoms with Gasteiger partial charge in [0.1, 0.15) is 5.75 Å². The Labute approximate surface area is 173 Å². The van der Waals surface area contributed by atoms with Gasteiger partial charge in [-0.25, -0.2) is 4.79 Å². The number of phenolic OH excluding ortho intramolecular Hbond substituents is 1. The van der Waals surface area contributed by atoms with Crippen LogP contribution in [-0.4, -0.2) is 35.2 Å². The molecular formula is C24H31N3O2. The summed E-state index contributed by atoms with van der Waals surface area (Å²) in [6.45, 7) is 6.96. The van der Waals surface area contributed by atoms with Crippen molar-refractivity contribution in [3.8, 4) is 5.75 Å². The summed E-state index contributed by atoms with van der Waals surface area (Å²) < 4.78 is 0. The second-order valence-electron chi connectivity index (χ2n) is 8.84. The third-order valence-electron chi connectivity index (χ3n) is 6.38. The van der Waals surface area contributed by atoms with Gasteiger partial charge in [-0.3, -0.25) is 4.90 Å². The molecule has 1 saturated heterocycles. The minimum absolute atomic E-state index is 0.0774. The number of hydrogen-bond donors (Lipinski definition) is 3. The molecule has 2 aromatic rings. The monoisotopic (exact) mass is 393 g/mol. The number of fused-ring (bicyclic) bond motifs is 2. The predicted octanol–water partition coefficient (Wildman–Crippen LogP) is 4.08.